The van der Waals surface area contributed by atoms with E-state index in [1.807, 2.05) is 32.0 Å². The second kappa shape index (κ2) is 6.49. The van der Waals surface area contributed by atoms with Gasteiger partial charge < -0.3 is 9.26 Å². The van der Waals surface area contributed by atoms with Crippen LogP contribution in [0.5, 0.6) is 5.75 Å². The maximum atomic E-state index is 10.7. The zero-order chi connectivity index (χ0) is 17.1. The predicted octanol–water partition coefficient (Wildman–Crippen LogP) is 3.84. The first-order valence-electron chi connectivity index (χ1n) is 7.30. The Balaban J connectivity index is 1.71. The van der Waals surface area contributed by atoms with Crippen molar-refractivity contribution in [3.63, 3.8) is 0 Å². The smallest absolute Gasteiger partial charge is 0.269 e. The molecule has 0 bridgehead atoms. The summed E-state index contributed by atoms with van der Waals surface area (Å²) in [4.78, 5) is 14.5. The van der Waals surface area contributed by atoms with Gasteiger partial charge >= 0.3 is 0 Å². The van der Waals surface area contributed by atoms with Gasteiger partial charge in [-0.15, -0.1) is 0 Å². The van der Waals surface area contributed by atoms with Crippen LogP contribution in [0.2, 0.25) is 0 Å². The fourth-order valence-corrected chi connectivity index (χ4v) is 2.17. The lowest BCUT2D eigenvalue weighted by Crippen LogP contribution is -1.97. The Labute approximate surface area is 138 Å². The highest BCUT2D eigenvalue weighted by atomic mass is 16.6. The van der Waals surface area contributed by atoms with Gasteiger partial charge in [0.05, 0.1) is 4.92 Å². The van der Waals surface area contributed by atoms with Crippen LogP contribution < -0.4 is 4.74 Å². The number of hydrogen-bond acceptors (Lipinski definition) is 6. The van der Waals surface area contributed by atoms with Gasteiger partial charge in [-0.25, -0.2) is 0 Å². The first-order chi connectivity index (χ1) is 11.5. The Morgan fingerprint density at radius 2 is 1.92 bits per heavy atom. The molecule has 7 heteroatoms. The van der Waals surface area contributed by atoms with Crippen LogP contribution in [-0.4, -0.2) is 15.1 Å². The van der Waals surface area contributed by atoms with Crippen LogP contribution in [-0.2, 0) is 6.61 Å². The molecule has 7 nitrogen and oxygen atoms in total. The molecule has 1 heterocycles. The van der Waals surface area contributed by atoms with Crippen molar-refractivity contribution < 1.29 is 14.2 Å². The average Bonchev–Trinajstić information content (AvgIpc) is 3.05. The molecule has 24 heavy (non-hydrogen) atoms. The minimum Gasteiger partial charge on any atom is -0.483 e. The van der Waals surface area contributed by atoms with E-state index < -0.39 is 4.92 Å². The lowest BCUT2D eigenvalue weighted by Gasteiger charge is -2.07. The van der Waals surface area contributed by atoms with E-state index in [2.05, 4.69) is 10.1 Å². The first-order valence-corrected chi connectivity index (χ1v) is 7.30. The van der Waals surface area contributed by atoms with Crippen LogP contribution in [0.15, 0.2) is 47.0 Å². The van der Waals surface area contributed by atoms with Gasteiger partial charge in [0, 0.05) is 17.7 Å². The van der Waals surface area contributed by atoms with Crippen molar-refractivity contribution in [2.75, 3.05) is 0 Å². The average molecular weight is 325 g/mol. The number of non-ortho nitro benzene ring substituents is 1. The van der Waals surface area contributed by atoms with Crippen molar-refractivity contribution in [3.05, 3.63) is 69.6 Å². The van der Waals surface area contributed by atoms with Crippen LogP contribution in [0.4, 0.5) is 5.69 Å². The molecule has 0 saturated heterocycles. The lowest BCUT2D eigenvalue weighted by molar-refractivity contribution is -0.384. The summed E-state index contributed by atoms with van der Waals surface area (Å²) < 4.78 is 10.9. The molecule has 0 amide bonds. The fraction of sp³-hybridized carbons (Fsp3) is 0.176. The molecule has 0 fully saturated rings. The van der Waals surface area contributed by atoms with Gasteiger partial charge in [0.1, 0.15) is 5.75 Å². The minimum atomic E-state index is -0.455. The maximum Gasteiger partial charge on any atom is 0.269 e. The summed E-state index contributed by atoms with van der Waals surface area (Å²) in [6, 6.07) is 11.9. The third kappa shape index (κ3) is 3.40. The Kier molecular flexibility index (Phi) is 4.24. The number of aryl methyl sites for hydroxylation is 2. The van der Waals surface area contributed by atoms with Crippen molar-refractivity contribution in [2.45, 2.75) is 20.5 Å². The molecular formula is C17H15N3O4. The van der Waals surface area contributed by atoms with Crippen LogP contribution in [0.25, 0.3) is 11.4 Å². The van der Waals surface area contributed by atoms with Gasteiger partial charge in [-0.2, -0.15) is 4.98 Å². The van der Waals surface area contributed by atoms with Crippen molar-refractivity contribution in [1.29, 1.82) is 0 Å². The highest BCUT2D eigenvalue weighted by Crippen LogP contribution is 2.22. The normalized spacial score (nSPS) is 10.6. The fourth-order valence-electron chi connectivity index (χ4n) is 2.17. The highest BCUT2D eigenvalue weighted by molar-refractivity contribution is 5.56. The number of ether oxygens (including phenoxy) is 1. The van der Waals surface area contributed by atoms with E-state index in [1.165, 1.54) is 12.1 Å². The molecule has 122 valence electrons. The van der Waals surface area contributed by atoms with Gasteiger partial charge in [0.2, 0.25) is 5.82 Å². The van der Waals surface area contributed by atoms with Crippen LogP contribution in [0.3, 0.4) is 0 Å². The number of nitro groups is 1. The second-order valence-corrected chi connectivity index (χ2v) is 5.37. The van der Waals surface area contributed by atoms with E-state index in [1.54, 1.807) is 12.1 Å². The second-order valence-electron chi connectivity index (χ2n) is 5.37. The van der Waals surface area contributed by atoms with Gasteiger partial charge in [0.15, 0.2) is 6.61 Å². The van der Waals surface area contributed by atoms with E-state index in [0.29, 0.717) is 17.3 Å². The Hall–Kier alpha value is -3.22. The quantitative estimate of drug-likeness (QED) is 0.523. The summed E-state index contributed by atoms with van der Waals surface area (Å²) in [6.07, 6.45) is 0. The highest BCUT2D eigenvalue weighted by Gasteiger charge is 2.12. The molecule has 1 aromatic heterocycles. The molecule has 0 spiro atoms. The third-order valence-corrected chi connectivity index (χ3v) is 3.50. The summed E-state index contributed by atoms with van der Waals surface area (Å²) >= 11 is 0. The summed E-state index contributed by atoms with van der Waals surface area (Å²) in [5, 5.41) is 14.5. The molecule has 0 unspecified atom stereocenters. The molecule has 2 aromatic carbocycles. The molecule has 3 aromatic rings. The number of nitro benzene ring substituents is 1. The Bertz CT molecular complexity index is 872. The van der Waals surface area contributed by atoms with Crippen LogP contribution in [0, 0.1) is 24.0 Å². The molecule has 0 aliphatic heterocycles. The Morgan fingerprint density at radius 3 is 2.62 bits per heavy atom. The molecule has 3 rings (SSSR count). The number of aromatic nitrogens is 2. The number of rotatable bonds is 5. The van der Waals surface area contributed by atoms with Crippen LogP contribution in [0.1, 0.15) is 17.0 Å². The maximum absolute atomic E-state index is 10.7. The van der Waals surface area contributed by atoms with Gasteiger partial charge in [0.25, 0.3) is 11.6 Å². The van der Waals surface area contributed by atoms with Gasteiger partial charge in [-0.3, -0.25) is 10.1 Å². The largest absolute Gasteiger partial charge is 0.483 e. The third-order valence-electron chi connectivity index (χ3n) is 3.50. The van der Waals surface area contributed by atoms with E-state index in [4.69, 9.17) is 9.26 Å². The standard InChI is InChI=1S/C17H15N3O4/c1-11-3-4-12(2)15(9-11)23-10-16-18-17(19-24-16)13-5-7-14(8-6-13)20(21)22/h3-9H,10H2,1-2H3. The summed E-state index contributed by atoms with van der Waals surface area (Å²) in [7, 11) is 0. The topological polar surface area (TPSA) is 91.3 Å². The van der Waals surface area contributed by atoms with Crippen molar-refractivity contribution in [2.24, 2.45) is 0 Å². The summed E-state index contributed by atoms with van der Waals surface area (Å²) in [6.45, 7) is 4.11. The number of benzene rings is 2. The Morgan fingerprint density at radius 1 is 1.17 bits per heavy atom. The van der Waals surface area contributed by atoms with E-state index in [-0.39, 0.29) is 12.3 Å². The zero-order valence-corrected chi connectivity index (χ0v) is 13.2. The SMILES string of the molecule is Cc1ccc(C)c(OCc2nc(-c3ccc([N+](=O)[O-])cc3)no2)c1. The van der Waals surface area contributed by atoms with Crippen molar-refractivity contribution in [3.8, 4) is 17.1 Å². The molecule has 0 aliphatic rings. The van der Waals surface area contributed by atoms with E-state index in [0.717, 1.165) is 16.9 Å². The van der Waals surface area contributed by atoms with Crippen molar-refractivity contribution in [1.82, 2.24) is 10.1 Å². The molecule has 0 aliphatic carbocycles. The van der Waals surface area contributed by atoms with Gasteiger partial charge in [-0.1, -0.05) is 17.3 Å². The summed E-state index contributed by atoms with van der Waals surface area (Å²) in [5.74, 6) is 1.47. The molecule has 0 N–H and O–H groups in total. The molecule has 0 saturated carbocycles. The monoisotopic (exact) mass is 325 g/mol. The summed E-state index contributed by atoms with van der Waals surface area (Å²) in [5.41, 5.74) is 2.78. The van der Waals surface area contributed by atoms with Gasteiger partial charge in [-0.05, 0) is 43.2 Å². The lowest BCUT2D eigenvalue weighted by atomic mass is 10.1. The van der Waals surface area contributed by atoms with E-state index in [9.17, 15) is 10.1 Å². The number of nitrogens with zero attached hydrogens (tertiary/aromatic N) is 3. The van der Waals surface area contributed by atoms with Crippen LogP contribution >= 0.6 is 0 Å². The van der Waals surface area contributed by atoms with E-state index >= 15 is 0 Å². The first kappa shape index (κ1) is 15.7. The zero-order valence-electron chi connectivity index (χ0n) is 13.2. The predicted molar refractivity (Wildman–Crippen MR) is 86.6 cm³/mol. The molecule has 0 atom stereocenters. The molecular weight excluding hydrogens is 310 g/mol. The minimum absolute atomic E-state index is 0.0146. The number of hydrogen-bond donors (Lipinski definition) is 0. The molecule has 0 radical (unpaired) electrons. The van der Waals surface area contributed by atoms with Crippen molar-refractivity contribution >= 4 is 5.69 Å².